The van der Waals surface area contributed by atoms with E-state index < -0.39 is 0 Å². The maximum atomic E-state index is 10.1. The largest absolute Gasteiger partial charge is 0.392 e. The van der Waals surface area contributed by atoms with Crippen LogP contribution in [-0.2, 0) is 12.8 Å². The van der Waals surface area contributed by atoms with Crippen LogP contribution in [-0.4, -0.2) is 17.8 Å². The fourth-order valence-electron chi connectivity index (χ4n) is 1.95. The average Bonchev–Trinajstić information content (AvgIpc) is 2.65. The topological polar surface area (TPSA) is 46.2 Å². The maximum Gasteiger partial charge on any atom is 0.0631 e. The molecule has 2 unspecified atom stereocenters. The van der Waals surface area contributed by atoms with E-state index in [1.54, 1.807) is 11.3 Å². The number of hydrogen-bond acceptors (Lipinski definition) is 3. The van der Waals surface area contributed by atoms with Gasteiger partial charge in [0.05, 0.1) is 6.10 Å². The minimum Gasteiger partial charge on any atom is -0.392 e. The Labute approximate surface area is 102 Å². The van der Waals surface area contributed by atoms with Crippen LogP contribution in [0.15, 0.2) is 12.1 Å². The minimum atomic E-state index is -0.312. The summed E-state index contributed by atoms with van der Waals surface area (Å²) < 4.78 is 0. The Hall–Kier alpha value is -0.380. The van der Waals surface area contributed by atoms with Crippen LogP contribution in [0, 0.1) is 11.8 Å². The highest BCUT2D eigenvalue weighted by Crippen LogP contribution is 2.23. The fourth-order valence-corrected chi connectivity index (χ4v) is 2.96. The molecule has 1 rings (SSSR count). The second kappa shape index (κ2) is 6.38. The van der Waals surface area contributed by atoms with Crippen molar-refractivity contribution >= 4 is 11.3 Å². The van der Waals surface area contributed by atoms with Gasteiger partial charge >= 0.3 is 0 Å². The summed E-state index contributed by atoms with van der Waals surface area (Å²) in [5.41, 5.74) is 5.70. The van der Waals surface area contributed by atoms with Gasteiger partial charge in [0.25, 0.3) is 0 Å². The summed E-state index contributed by atoms with van der Waals surface area (Å²) in [4.78, 5) is 2.65. The lowest BCUT2D eigenvalue weighted by atomic mass is 9.88. The summed E-state index contributed by atoms with van der Waals surface area (Å²) in [6.45, 7) is 6.95. The highest BCUT2D eigenvalue weighted by molar-refractivity contribution is 7.11. The van der Waals surface area contributed by atoms with Crippen molar-refractivity contribution in [2.75, 3.05) is 6.54 Å². The highest BCUT2D eigenvalue weighted by Gasteiger charge is 2.21. The first-order valence-corrected chi connectivity index (χ1v) is 6.85. The minimum absolute atomic E-state index is 0.201. The predicted molar refractivity (Wildman–Crippen MR) is 70.8 cm³/mol. The van der Waals surface area contributed by atoms with E-state index in [1.807, 2.05) is 0 Å². The van der Waals surface area contributed by atoms with Crippen molar-refractivity contribution in [2.24, 2.45) is 17.6 Å². The molecule has 3 N–H and O–H groups in total. The van der Waals surface area contributed by atoms with Gasteiger partial charge in [0, 0.05) is 16.2 Å². The summed E-state index contributed by atoms with van der Waals surface area (Å²) in [5.74, 6) is 0.637. The van der Waals surface area contributed by atoms with Crippen LogP contribution in [0.2, 0.25) is 0 Å². The Morgan fingerprint density at radius 2 is 1.94 bits per heavy atom. The molecule has 1 aromatic heterocycles. The first-order chi connectivity index (χ1) is 7.58. The molecule has 0 saturated carbocycles. The van der Waals surface area contributed by atoms with E-state index in [2.05, 4.69) is 32.9 Å². The molecule has 0 amide bonds. The summed E-state index contributed by atoms with van der Waals surface area (Å²) >= 11 is 1.80. The molecule has 1 aromatic rings. The fraction of sp³-hybridized carbons (Fsp3) is 0.692. The normalized spacial score (nSPS) is 15.4. The van der Waals surface area contributed by atoms with Crippen LogP contribution in [0.4, 0.5) is 0 Å². The van der Waals surface area contributed by atoms with Crippen LogP contribution in [0.1, 0.15) is 30.5 Å². The van der Waals surface area contributed by atoms with Gasteiger partial charge in [-0.1, -0.05) is 20.8 Å². The summed E-state index contributed by atoms with van der Waals surface area (Å²) in [5, 5.41) is 10.1. The van der Waals surface area contributed by atoms with Crippen molar-refractivity contribution in [2.45, 2.75) is 39.7 Å². The average molecular weight is 241 g/mol. The molecule has 0 aliphatic heterocycles. The van der Waals surface area contributed by atoms with Crippen molar-refractivity contribution in [3.05, 3.63) is 21.9 Å². The van der Waals surface area contributed by atoms with Crippen molar-refractivity contribution in [3.8, 4) is 0 Å². The predicted octanol–water partition coefficient (Wildman–Crippen LogP) is 2.44. The van der Waals surface area contributed by atoms with E-state index in [0.29, 0.717) is 12.5 Å². The molecule has 0 bridgehead atoms. The third-order valence-corrected chi connectivity index (χ3v) is 4.35. The quantitative estimate of drug-likeness (QED) is 0.803. The third kappa shape index (κ3) is 3.58. The van der Waals surface area contributed by atoms with Crippen molar-refractivity contribution in [1.29, 1.82) is 0 Å². The molecule has 0 fully saturated rings. The molecule has 92 valence electrons. The van der Waals surface area contributed by atoms with Crippen LogP contribution >= 0.6 is 11.3 Å². The molecule has 0 saturated heterocycles. The number of nitrogens with two attached hydrogens (primary N) is 1. The van der Waals surface area contributed by atoms with Gasteiger partial charge in [-0.2, -0.15) is 0 Å². The molecule has 0 spiro atoms. The SMILES string of the molecule is CCc1ccc(CC(O)C(CN)C(C)C)s1. The Kier molecular flexibility index (Phi) is 5.46. The highest BCUT2D eigenvalue weighted by atomic mass is 32.1. The molecule has 3 heteroatoms. The lowest BCUT2D eigenvalue weighted by Gasteiger charge is -2.24. The van der Waals surface area contributed by atoms with E-state index in [4.69, 9.17) is 5.73 Å². The standard InChI is InChI=1S/C13H23NOS/c1-4-10-5-6-11(16-10)7-13(15)12(8-14)9(2)3/h5-6,9,12-13,15H,4,7-8,14H2,1-3H3. The van der Waals surface area contributed by atoms with Crippen LogP contribution in [0.5, 0.6) is 0 Å². The zero-order valence-electron chi connectivity index (χ0n) is 10.4. The van der Waals surface area contributed by atoms with Gasteiger partial charge in [0.15, 0.2) is 0 Å². The number of thiophene rings is 1. The molecule has 1 heterocycles. The number of aliphatic hydroxyl groups is 1. The van der Waals surface area contributed by atoms with Crippen molar-refractivity contribution in [1.82, 2.24) is 0 Å². The van der Waals surface area contributed by atoms with Gasteiger partial charge < -0.3 is 10.8 Å². The first-order valence-electron chi connectivity index (χ1n) is 6.04. The molecule has 0 radical (unpaired) electrons. The first kappa shape index (κ1) is 13.7. The van der Waals surface area contributed by atoms with Gasteiger partial charge in [0.2, 0.25) is 0 Å². The smallest absolute Gasteiger partial charge is 0.0631 e. The van der Waals surface area contributed by atoms with E-state index in [0.717, 1.165) is 12.8 Å². The van der Waals surface area contributed by atoms with Gasteiger partial charge in [0.1, 0.15) is 0 Å². The third-order valence-electron chi connectivity index (χ3n) is 3.10. The summed E-state index contributed by atoms with van der Waals surface area (Å²) in [6, 6.07) is 4.28. The van der Waals surface area contributed by atoms with E-state index in [-0.39, 0.29) is 12.0 Å². The van der Waals surface area contributed by atoms with Gasteiger partial charge in [-0.25, -0.2) is 0 Å². The Bertz CT molecular complexity index is 309. The molecular weight excluding hydrogens is 218 g/mol. The van der Waals surface area contributed by atoms with Crippen LogP contribution in [0.3, 0.4) is 0 Å². The molecular formula is C13H23NOS. The van der Waals surface area contributed by atoms with E-state index in [1.165, 1.54) is 9.75 Å². The number of hydrogen-bond donors (Lipinski definition) is 2. The van der Waals surface area contributed by atoms with Gasteiger partial charge in [-0.3, -0.25) is 0 Å². The molecule has 16 heavy (non-hydrogen) atoms. The monoisotopic (exact) mass is 241 g/mol. The second-order valence-electron chi connectivity index (χ2n) is 4.64. The zero-order valence-corrected chi connectivity index (χ0v) is 11.3. The number of aliphatic hydroxyl groups excluding tert-OH is 1. The summed E-state index contributed by atoms with van der Waals surface area (Å²) in [6.07, 6.45) is 1.50. The maximum absolute atomic E-state index is 10.1. The second-order valence-corrected chi connectivity index (χ2v) is 5.89. The van der Waals surface area contributed by atoms with Crippen LogP contribution in [0.25, 0.3) is 0 Å². The lowest BCUT2D eigenvalue weighted by molar-refractivity contribution is 0.0870. The zero-order chi connectivity index (χ0) is 12.1. The summed E-state index contributed by atoms with van der Waals surface area (Å²) in [7, 11) is 0. The Balaban J connectivity index is 2.58. The van der Waals surface area contributed by atoms with Gasteiger partial charge in [-0.15, -0.1) is 11.3 Å². The number of aryl methyl sites for hydroxylation is 1. The van der Waals surface area contributed by atoms with Crippen LogP contribution < -0.4 is 5.73 Å². The number of rotatable bonds is 6. The molecule has 2 nitrogen and oxygen atoms in total. The van der Waals surface area contributed by atoms with E-state index in [9.17, 15) is 5.11 Å². The van der Waals surface area contributed by atoms with Crippen molar-refractivity contribution < 1.29 is 5.11 Å². The molecule has 0 aliphatic rings. The molecule has 2 atom stereocenters. The molecule has 0 aromatic carbocycles. The lowest BCUT2D eigenvalue weighted by Crippen LogP contribution is -2.33. The van der Waals surface area contributed by atoms with Gasteiger partial charge in [-0.05, 0) is 36.9 Å². The Morgan fingerprint density at radius 1 is 1.31 bits per heavy atom. The van der Waals surface area contributed by atoms with E-state index >= 15 is 0 Å². The molecule has 0 aliphatic carbocycles. The van der Waals surface area contributed by atoms with Crippen molar-refractivity contribution in [3.63, 3.8) is 0 Å². The Morgan fingerprint density at radius 3 is 2.38 bits per heavy atom.